The van der Waals surface area contributed by atoms with Crippen LogP contribution in [0.4, 0.5) is 0 Å². The van der Waals surface area contributed by atoms with E-state index >= 15 is 0 Å². The summed E-state index contributed by atoms with van der Waals surface area (Å²) < 4.78 is 11.5. The summed E-state index contributed by atoms with van der Waals surface area (Å²) in [5.41, 5.74) is 2.38. The van der Waals surface area contributed by atoms with Crippen LogP contribution in [-0.4, -0.2) is 37.1 Å². The molecule has 1 heterocycles. The van der Waals surface area contributed by atoms with Crippen molar-refractivity contribution in [2.24, 2.45) is 0 Å². The lowest BCUT2D eigenvalue weighted by Gasteiger charge is -2.36. The highest BCUT2D eigenvalue weighted by atomic mass is 79.9. The van der Waals surface area contributed by atoms with Crippen molar-refractivity contribution in [3.63, 3.8) is 0 Å². The van der Waals surface area contributed by atoms with Gasteiger partial charge in [0, 0.05) is 18.3 Å². The monoisotopic (exact) mass is 398 g/mol. The fourth-order valence-electron chi connectivity index (χ4n) is 2.65. The molecule has 2 rings (SSSR count). The molecule has 0 bridgehead atoms. The fourth-order valence-corrected chi connectivity index (χ4v) is 3.63. The maximum absolute atomic E-state index is 12.2. The molecular weight excluding hydrogens is 380 g/mol. The minimum absolute atomic E-state index is 0.00367. The lowest BCUT2D eigenvalue weighted by atomic mass is 9.92. The van der Waals surface area contributed by atoms with Crippen LogP contribution in [0.15, 0.2) is 27.9 Å². The predicted molar refractivity (Wildman–Crippen MR) is 96.9 cm³/mol. The van der Waals surface area contributed by atoms with Gasteiger partial charge in [0.1, 0.15) is 0 Å². The van der Waals surface area contributed by atoms with Crippen LogP contribution in [0.25, 0.3) is 0 Å². The Morgan fingerprint density at radius 2 is 2.00 bits per heavy atom. The van der Waals surface area contributed by atoms with Crippen LogP contribution in [-0.2, 0) is 4.79 Å². The number of carbonyl (C=O) groups excluding carboxylic acids is 1. The summed E-state index contributed by atoms with van der Waals surface area (Å²) in [4.78, 5) is 14.0. The SMILES string of the molecule is COc1ccc(C2NC(=S)N(C)C(C)=C2C(C)=O)c(Br)c1OC. The summed E-state index contributed by atoms with van der Waals surface area (Å²) in [6.07, 6.45) is 0. The number of benzene rings is 1. The van der Waals surface area contributed by atoms with Gasteiger partial charge in [0.15, 0.2) is 22.4 Å². The van der Waals surface area contributed by atoms with Crippen LogP contribution < -0.4 is 14.8 Å². The van der Waals surface area contributed by atoms with Gasteiger partial charge in [-0.1, -0.05) is 6.07 Å². The standard InChI is InChI=1S/C16H19BrN2O3S/c1-8-12(9(2)20)14(18-16(23)19(8)3)10-6-7-11(21-4)15(22-5)13(10)17/h6-7,14H,1-5H3,(H,18,23). The Hall–Kier alpha value is -1.60. The molecule has 0 saturated heterocycles. The number of Topliss-reactive ketones (excluding diaryl/α,β-unsaturated/α-hetero) is 1. The van der Waals surface area contributed by atoms with Crippen LogP contribution in [0.2, 0.25) is 0 Å². The summed E-state index contributed by atoms with van der Waals surface area (Å²) in [6.45, 7) is 3.45. The van der Waals surface area contributed by atoms with Gasteiger partial charge in [0.25, 0.3) is 0 Å². The highest BCUT2D eigenvalue weighted by Gasteiger charge is 2.32. The summed E-state index contributed by atoms with van der Waals surface area (Å²) in [5.74, 6) is 1.19. The van der Waals surface area contributed by atoms with Crippen molar-refractivity contribution in [2.75, 3.05) is 21.3 Å². The van der Waals surface area contributed by atoms with Gasteiger partial charge in [0.05, 0.1) is 24.7 Å². The zero-order valence-electron chi connectivity index (χ0n) is 13.7. The highest BCUT2D eigenvalue weighted by Crippen LogP contribution is 2.42. The Labute approximate surface area is 149 Å². The van der Waals surface area contributed by atoms with E-state index in [0.717, 1.165) is 15.7 Å². The first-order chi connectivity index (χ1) is 10.8. The molecule has 0 spiro atoms. The minimum Gasteiger partial charge on any atom is -0.493 e. The first-order valence-electron chi connectivity index (χ1n) is 6.99. The van der Waals surface area contributed by atoms with Crippen LogP contribution in [0.1, 0.15) is 25.5 Å². The first kappa shape index (κ1) is 17.7. The third-order valence-corrected chi connectivity index (χ3v) is 5.17. The predicted octanol–water partition coefficient (Wildman–Crippen LogP) is 3.19. The van der Waals surface area contributed by atoms with Crippen molar-refractivity contribution in [3.8, 4) is 11.5 Å². The van der Waals surface area contributed by atoms with Crippen LogP contribution in [0.5, 0.6) is 11.5 Å². The molecule has 23 heavy (non-hydrogen) atoms. The Bertz CT molecular complexity index is 703. The Morgan fingerprint density at radius 3 is 2.52 bits per heavy atom. The summed E-state index contributed by atoms with van der Waals surface area (Å²) in [7, 11) is 5.00. The normalized spacial score (nSPS) is 17.9. The molecule has 1 N–H and O–H groups in total. The second kappa shape index (κ2) is 6.88. The molecule has 1 aliphatic rings. The Morgan fingerprint density at radius 1 is 1.35 bits per heavy atom. The molecule has 1 aliphatic heterocycles. The summed E-state index contributed by atoms with van der Waals surface area (Å²) in [5, 5.41) is 3.79. The molecule has 0 fully saturated rings. The van der Waals surface area contributed by atoms with Crippen molar-refractivity contribution in [1.29, 1.82) is 0 Å². The summed E-state index contributed by atoms with van der Waals surface area (Å²) >= 11 is 8.94. The highest BCUT2D eigenvalue weighted by molar-refractivity contribution is 9.10. The molecule has 0 radical (unpaired) electrons. The van der Waals surface area contributed by atoms with Crippen molar-refractivity contribution in [1.82, 2.24) is 10.2 Å². The largest absolute Gasteiger partial charge is 0.493 e. The van der Waals surface area contributed by atoms with Crippen molar-refractivity contribution in [2.45, 2.75) is 19.9 Å². The lowest BCUT2D eigenvalue weighted by Crippen LogP contribution is -2.45. The number of ether oxygens (including phenoxy) is 2. The van der Waals surface area contributed by atoms with E-state index in [1.54, 1.807) is 26.0 Å². The van der Waals surface area contributed by atoms with Crippen LogP contribution in [0.3, 0.4) is 0 Å². The lowest BCUT2D eigenvalue weighted by molar-refractivity contribution is -0.114. The molecular formula is C16H19BrN2O3S. The molecule has 1 atom stereocenters. The van der Waals surface area contributed by atoms with Gasteiger partial charge in [-0.05, 0) is 53.6 Å². The number of ketones is 1. The Balaban J connectivity index is 2.65. The van der Waals surface area contributed by atoms with Crippen LogP contribution in [0, 0.1) is 0 Å². The van der Waals surface area contributed by atoms with E-state index in [4.69, 9.17) is 21.7 Å². The number of carbonyl (C=O) groups is 1. The molecule has 124 valence electrons. The van der Waals surface area contributed by atoms with Gasteiger partial charge < -0.3 is 19.7 Å². The van der Waals surface area contributed by atoms with Gasteiger partial charge in [-0.25, -0.2) is 0 Å². The van der Waals surface area contributed by atoms with E-state index in [2.05, 4.69) is 21.2 Å². The molecule has 5 nitrogen and oxygen atoms in total. The van der Waals surface area contributed by atoms with E-state index in [-0.39, 0.29) is 11.8 Å². The zero-order valence-corrected chi connectivity index (χ0v) is 16.1. The number of allylic oxidation sites excluding steroid dienone is 1. The van der Waals surface area contributed by atoms with Crippen molar-refractivity contribution < 1.29 is 14.3 Å². The third kappa shape index (κ3) is 3.07. The van der Waals surface area contributed by atoms with E-state index in [0.29, 0.717) is 22.2 Å². The molecule has 1 aromatic carbocycles. The average molecular weight is 399 g/mol. The fraction of sp³-hybridized carbons (Fsp3) is 0.375. The number of rotatable bonds is 4. The number of hydrogen-bond acceptors (Lipinski definition) is 4. The second-order valence-corrected chi connectivity index (χ2v) is 6.38. The quantitative estimate of drug-likeness (QED) is 0.785. The van der Waals surface area contributed by atoms with E-state index in [1.807, 2.05) is 26.1 Å². The number of nitrogens with one attached hydrogen (secondary N) is 1. The summed E-state index contributed by atoms with van der Waals surface area (Å²) in [6, 6.07) is 3.37. The van der Waals surface area contributed by atoms with Crippen LogP contribution >= 0.6 is 28.1 Å². The number of hydrogen-bond donors (Lipinski definition) is 1. The molecule has 1 unspecified atom stereocenters. The molecule has 0 amide bonds. The van der Waals surface area contributed by atoms with Crippen molar-refractivity contribution >= 4 is 39.0 Å². The smallest absolute Gasteiger partial charge is 0.175 e. The number of nitrogens with zero attached hydrogens (tertiary/aromatic N) is 1. The van der Waals surface area contributed by atoms with Gasteiger partial charge in [0.2, 0.25) is 0 Å². The van der Waals surface area contributed by atoms with Gasteiger partial charge >= 0.3 is 0 Å². The average Bonchev–Trinajstić information content (AvgIpc) is 2.51. The Kier molecular flexibility index (Phi) is 5.31. The van der Waals surface area contributed by atoms with Gasteiger partial charge in [-0.15, -0.1) is 0 Å². The maximum atomic E-state index is 12.2. The first-order valence-corrected chi connectivity index (χ1v) is 8.19. The minimum atomic E-state index is -0.342. The van der Waals surface area contributed by atoms with Gasteiger partial charge in [-0.2, -0.15) is 0 Å². The molecule has 0 saturated carbocycles. The number of thiocarbonyl (C=S) groups is 1. The maximum Gasteiger partial charge on any atom is 0.175 e. The zero-order chi connectivity index (χ0) is 17.3. The third-order valence-electron chi connectivity index (χ3n) is 3.96. The van der Waals surface area contributed by atoms with E-state index in [9.17, 15) is 4.79 Å². The number of halogens is 1. The molecule has 1 aromatic rings. The number of methoxy groups -OCH3 is 2. The van der Waals surface area contributed by atoms with E-state index in [1.165, 1.54) is 0 Å². The molecule has 7 heteroatoms. The molecule has 0 aliphatic carbocycles. The second-order valence-electron chi connectivity index (χ2n) is 5.20. The topological polar surface area (TPSA) is 50.8 Å². The molecule has 0 aromatic heterocycles. The van der Waals surface area contributed by atoms with Crippen molar-refractivity contribution in [3.05, 3.63) is 33.4 Å². The van der Waals surface area contributed by atoms with E-state index < -0.39 is 0 Å². The van der Waals surface area contributed by atoms with Gasteiger partial charge in [-0.3, -0.25) is 4.79 Å².